The average Bonchev–Trinajstić information content (AvgIpc) is 3.37. The van der Waals surface area contributed by atoms with Gasteiger partial charge in [-0.25, -0.2) is 0 Å². The van der Waals surface area contributed by atoms with Gasteiger partial charge in [0.1, 0.15) is 10.8 Å². The fraction of sp³-hybridized carbons (Fsp3) is 0.273. The number of benzene rings is 2. The standard InChI is InChI=1S/C22H21ClN4O3S/c1-13-8-9-16(11-18(13)23)27-12-15(10-19(27)28)21-25-26-22(31-21)24-20(29)14(2)30-17-6-4-3-5-7-17/h3-9,11,14-15H,10,12H2,1-2H3,(H,24,26,29). The largest absolute Gasteiger partial charge is 0.481 e. The number of halogens is 1. The Bertz CT molecular complexity index is 1110. The number of rotatable bonds is 6. The molecule has 0 saturated carbocycles. The topological polar surface area (TPSA) is 84.4 Å². The normalized spacial score (nSPS) is 16.9. The second-order valence-electron chi connectivity index (χ2n) is 7.35. The highest BCUT2D eigenvalue weighted by Crippen LogP contribution is 2.35. The highest BCUT2D eigenvalue weighted by atomic mass is 35.5. The molecule has 0 bridgehead atoms. The zero-order chi connectivity index (χ0) is 22.0. The Morgan fingerprint density at radius 1 is 1.26 bits per heavy atom. The SMILES string of the molecule is Cc1ccc(N2CC(c3nnc(NC(=O)C(C)Oc4ccccc4)s3)CC2=O)cc1Cl. The third-order valence-corrected chi connectivity index (χ3v) is 6.45. The number of ether oxygens (including phenoxy) is 1. The van der Waals surface area contributed by atoms with Crippen LogP contribution < -0.4 is 15.0 Å². The van der Waals surface area contributed by atoms with Crippen LogP contribution in [0.5, 0.6) is 5.75 Å². The molecule has 2 unspecified atom stereocenters. The Kier molecular flexibility index (Phi) is 6.20. The average molecular weight is 457 g/mol. The summed E-state index contributed by atoms with van der Waals surface area (Å²) in [7, 11) is 0. The number of aromatic nitrogens is 2. The molecular weight excluding hydrogens is 436 g/mol. The highest BCUT2D eigenvalue weighted by molar-refractivity contribution is 7.15. The molecule has 1 fully saturated rings. The number of aryl methyl sites for hydroxylation is 1. The van der Waals surface area contributed by atoms with E-state index >= 15 is 0 Å². The number of hydrogen-bond acceptors (Lipinski definition) is 6. The lowest BCUT2D eigenvalue weighted by molar-refractivity contribution is -0.122. The minimum absolute atomic E-state index is 0.00980. The minimum atomic E-state index is -0.690. The molecular formula is C22H21ClN4O3S. The number of nitrogens with zero attached hydrogens (tertiary/aromatic N) is 3. The monoisotopic (exact) mass is 456 g/mol. The summed E-state index contributed by atoms with van der Waals surface area (Å²) in [4.78, 5) is 26.7. The summed E-state index contributed by atoms with van der Waals surface area (Å²) < 4.78 is 5.63. The van der Waals surface area contributed by atoms with Gasteiger partial charge in [-0.15, -0.1) is 10.2 Å². The lowest BCUT2D eigenvalue weighted by Crippen LogP contribution is -2.30. The Morgan fingerprint density at radius 2 is 2.03 bits per heavy atom. The van der Waals surface area contributed by atoms with E-state index in [9.17, 15) is 9.59 Å². The molecule has 0 aliphatic carbocycles. The first kappa shape index (κ1) is 21.3. The molecule has 2 aromatic carbocycles. The minimum Gasteiger partial charge on any atom is -0.481 e. The number of para-hydroxylation sites is 1. The number of carbonyl (C=O) groups excluding carboxylic acids is 2. The van der Waals surface area contributed by atoms with Crippen LogP contribution in [0.3, 0.4) is 0 Å². The number of nitrogens with one attached hydrogen (secondary N) is 1. The fourth-order valence-corrected chi connectivity index (χ4v) is 4.30. The molecule has 31 heavy (non-hydrogen) atoms. The molecule has 1 aliphatic rings. The van der Waals surface area contributed by atoms with Gasteiger partial charge in [0.25, 0.3) is 5.91 Å². The Labute approximate surface area is 189 Å². The quantitative estimate of drug-likeness (QED) is 0.593. The van der Waals surface area contributed by atoms with Crippen molar-refractivity contribution in [3.8, 4) is 5.75 Å². The van der Waals surface area contributed by atoms with E-state index < -0.39 is 6.10 Å². The Balaban J connectivity index is 1.39. The van der Waals surface area contributed by atoms with Crippen LogP contribution in [0.25, 0.3) is 0 Å². The van der Waals surface area contributed by atoms with Crippen LogP contribution in [-0.2, 0) is 9.59 Å². The van der Waals surface area contributed by atoms with Crippen molar-refractivity contribution in [2.75, 3.05) is 16.8 Å². The lowest BCUT2D eigenvalue weighted by atomic mass is 10.1. The zero-order valence-corrected chi connectivity index (χ0v) is 18.6. The van der Waals surface area contributed by atoms with Crippen LogP contribution in [0.1, 0.15) is 29.8 Å². The van der Waals surface area contributed by atoms with Gasteiger partial charge >= 0.3 is 0 Å². The van der Waals surface area contributed by atoms with E-state index in [4.69, 9.17) is 16.3 Å². The molecule has 2 heterocycles. The Hall–Kier alpha value is -2.97. The summed E-state index contributed by atoms with van der Waals surface area (Å²) >= 11 is 7.49. The van der Waals surface area contributed by atoms with E-state index in [0.717, 1.165) is 11.3 Å². The number of carbonyl (C=O) groups is 2. The van der Waals surface area contributed by atoms with Gasteiger partial charge in [-0.1, -0.05) is 47.2 Å². The molecule has 1 aliphatic heterocycles. The van der Waals surface area contributed by atoms with Gasteiger partial charge in [-0.2, -0.15) is 0 Å². The van der Waals surface area contributed by atoms with Gasteiger partial charge in [0.05, 0.1) is 0 Å². The number of anilines is 2. The van der Waals surface area contributed by atoms with Crippen molar-refractivity contribution >= 4 is 45.6 Å². The second kappa shape index (κ2) is 9.03. The Morgan fingerprint density at radius 3 is 2.77 bits per heavy atom. The molecule has 4 rings (SSSR count). The summed E-state index contributed by atoms with van der Waals surface area (Å²) in [6, 6.07) is 14.7. The third-order valence-electron chi connectivity index (χ3n) is 5.04. The van der Waals surface area contributed by atoms with Crippen LogP contribution in [-0.4, -0.2) is 34.7 Å². The molecule has 1 saturated heterocycles. The molecule has 9 heteroatoms. The first-order valence-corrected chi connectivity index (χ1v) is 11.0. The highest BCUT2D eigenvalue weighted by Gasteiger charge is 2.34. The second-order valence-corrected chi connectivity index (χ2v) is 8.76. The van der Waals surface area contributed by atoms with E-state index in [1.165, 1.54) is 11.3 Å². The van der Waals surface area contributed by atoms with Crippen LogP contribution in [0.4, 0.5) is 10.8 Å². The van der Waals surface area contributed by atoms with Crippen molar-refractivity contribution < 1.29 is 14.3 Å². The maximum absolute atomic E-state index is 12.6. The summed E-state index contributed by atoms with van der Waals surface area (Å²) in [6.45, 7) is 4.09. The van der Waals surface area contributed by atoms with Gasteiger partial charge in [0.15, 0.2) is 6.10 Å². The summed E-state index contributed by atoms with van der Waals surface area (Å²) in [6.07, 6.45) is -0.355. The third kappa shape index (κ3) is 4.86. The predicted octanol–water partition coefficient (Wildman–Crippen LogP) is 4.43. The molecule has 7 nitrogen and oxygen atoms in total. The van der Waals surface area contributed by atoms with Crippen LogP contribution in [0.2, 0.25) is 5.02 Å². The van der Waals surface area contributed by atoms with Gasteiger partial charge in [0, 0.05) is 29.6 Å². The molecule has 0 radical (unpaired) electrons. The van der Waals surface area contributed by atoms with E-state index in [1.54, 1.807) is 30.0 Å². The summed E-state index contributed by atoms with van der Waals surface area (Å²) in [5, 5.41) is 12.7. The predicted molar refractivity (Wildman–Crippen MR) is 121 cm³/mol. The lowest BCUT2D eigenvalue weighted by Gasteiger charge is -2.17. The first-order valence-electron chi connectivity index (χ1n) is 9.83. The first-order chi connectivity index (χ1) is 14.9. The van der Waals surface area contributed by atoms with Crippen molar-refractivity contribution in [3.63, 3.8) is 0 Å². The molecule has 2 amide bonds. The van der Waals surface area contributed by atoms with E-state index in [-0.39, 0.29) is 17.7 Å². The van der Waals surface area contributed by atoms with E-state index in [2.05, 4.69) is 15.5 Å². The van der Waals surface area contributed by atoms with Gasteiger partial charge in [-0.3, -0.25) is 14.9 Å². The van der Waals surface area contributed by atoms with Gasteiger partial charge in [0.2, 0.25) is 11.0 Å². The fourth-order valence-electron chi connectivity index (χ4n) is 3.29. The van der Waals surface area contributed by atoms with Crippen molar-refractivity contribution in [1.29, 1.82) is 0 Å². The van der Waals surface area contributed by atoms with Crippen molar-refractivity contribution in [3.05, 3.63) is 64.1 Å². The van der Waals surface area contributed by atoms with E-state index in [0.29, 0.717) is 33.9 Å². The maximum atomic E-state index is 12.6. The van der Waals surface area contributed by atoms with Crippen molar-refractivity contribution in [2.45, 2.75) is 32.3 Å². The number of amides is 2. The van der Waals surface area contributed by atoms with Gasteiger partial charge < -0.3 is 9.64 Å². The zero-order valence-electron chi connectivity index (χ0n) is 17.0. The van der Waals surface area contributed by atoms with Crippen LogP contribution in [0.15, 0.2) is 48.5 Å². The smallest absolute Gasteiger partial charge is 0.266 e. The summed E-state index contributed by atoms with van der Waals surface area (Å²) in [5.41, 5.74) is 1.73. The van der Waals surface area contributed by atoms with Crippen LogP contribution >= 0.6 is 22.9 Å². The molecule has 3 aromatic rings. The number of hydrogen-bond donors (Lipinski definition) is 1. The molecule has 2 atom stereocenters. The molecule has 160 valence electrons. The van der Waals surface area contributed by atoms with Crippen molar-refractivity contribution in [2.24, 2.45) is 0 Å². The molecule has 1 N–H and O–H groups in total. The van der Waals surface area contributed by atoms with Gasteiger partial charge in [-0.05, 0) is 43.7 Å². The van der Waals surface area contributed by atoms with Crippen molar-refractivity contribution in [1.82, 2.24) is 10.2 Å². The maximum Gasteiger partial charge on any atom is 0.266 e. The summed E-state index contributed by atoms with van der Waals surface area (Å²) in [5.74, 6) is 0.221. The molecule has 1 aromatic heterocycles. The molecule has 0 spiro atoms. The van der Waals surface area contributed by atoms with Crippen LogP contribution in [0, 0.1) is 6.92 Å². The van der Waals surface area contributed by atoms with E-state index in [1.807, 2.05) is 37.3 Å².